The van der Waals surface area contributed by atoms with E-state index < -0.39 is 10.0 Å². The van der Waals surface area contributed by atoms with Crippen molar-refractivity contribution in [3.8, 4) is 5.75 Å². The molecule has 2 aromatic rings. The van der Waals surface area contributed by atoms with Crippen molar-refractivity contribution in [1.29, 1.82) is 0 Å². The van der Waals surface area contributed by atoms with Crippen molar-refractivity contribution >= 4 is 33.4 Å². The lowest BCUT2D eigenvalue weighted by Crippen LogP contribution is -2.35. The molecular weight excluding hydrogens is 438 g/mol. The summed E-state index contributed by atoms with van der Waals surface area (Å²) < 4.78 is 33.1. The van der Waals surface area contributed by atoms with Crippen molar-refractivity contribution in [2.75, 3.05) is 30.8 Å². The minimum Gasteiger partial charge on any atom is -0.492 e. The number of thioether (sulfide) groups is 1. The second kappa shape index (κ2) is 9.58. The molecule has 4 rings (SSSR count). The van der Waals surface area contributed by atoms with Crippen molar-refractivity contribution in [3.63, 3.8) is 0 Å². The number of rotatable bonds is 9. The van der Waals surface area contributed by atoms with Crippen molar-refractivity contribution in [2.24, 2.45) is 0 Å². The first-order valence-electron chi connectivity index (χ1n) is 10.6. The fourth-order valence-electron chi connectivity index (χ4n) is 3.48. The lowest BCUT2D eigenvalue weighted by atomic mass is 10.2. The number of benzene rings is 1. The number of sulfonamides is 1. The van der Waals surface area contributed by atoms with Gasteiger partial charge >= 0.3 is 0 Å². The quantitative estimate of drug-likeness (QED) is 0.547. The fourth-order valence-corrected chi connectivity index (χ4v) is 5.63. The average molecular weight is 466 g/mol. The van der Waals surface area contributed by atoms with Gasteiger partial charge in [0.2, 0.25) is 21.1 Å². The molecule has 0 spiro atoms. The molecule has 9 nitrogen and oxygen atoms in total. The molecule has 11 heteroatoms. The normalized spacial score (nSPS) is 17.5. The van der Waals surface area contributed by atoms with Gasteiger partial charge in [0.05, 0.1) is 22.9 Å². The van der Waals surface area contributed by atoms with Gasteiger partial charge in [0.25, 0.3) is 0 Å². The lowest BCUT2D eigenvalue weighted by molar-refractivity contribution is -0.113. The van der Waals surface area contributed by atoms with Crippen LogP contribution in [0.5, 0.6) is 5.75 Å². The number of nitrogens with zero attached hydrogens (tertiary/aromatic N) is 3. The summed E-state index contributed by atoms with van der Waals surface area (Å²) in [4.78, 5) is 17.1. The summed E-state index contributed by atoms with van der Waals surface area (Å²) in [5.74, 6) is 1.60. The van der Waals surface area contributed by atoms with E-state index in [-0.39, 0.29) is 16.6 Å². The maximum absolute atomic E-state index is 13.0. The molecule has 1 aromatic carbocycles. The first-order chi connectivity index (χ1) is 15.0. The topological polar surface area (TPSA) is 117 Å². The molecule has 0 bridgehead atoms. The Labute approximate surface area is 186 Å². The zero-order valence-corrected chi connectivity index (χ0v) is 19.1. The Morgan fingerprint density at radius 1 is 1.29 bits per heavy atom. The van der Waals surface area contributed by atoms with E-state index in [9.17, 15) is 13.2 Å². The lowest BCUT2D eigenvalue weighted by Gasteiger charge is -2.26. The van der Waals surface area contributed by atoms with Crippen LogP contribution in [-0.2, 0) is 14.8 Å². The van der Waals surface area contributed by atoms with Crippen molar-refractivity contribution in [1.82, 2.24) is 19.5 Å². The van der Waals surface area contributed by atoms with Crippen molar-refractivity contribution in [2.45, 2.75) is 55.0 Å². The third-order valence-electron chi connectivity index (χ3n) is 5.26. The number of hydrogen-bond acceptors (Lipinski definition) is 7. The summed E-state index contributed by atoms with van der Waals surface area (Å²) in [6.07, 6.45) is 5.01. The first-order valence-corrected chi connectivity index (χ1v) is 13.0. The Hall–Kier alpha value is -2.11. The largest absolute Gasteiger partial charge is 0.492 e. The number of nitrogens with one attached hydrogen (secondary N) is 2. The number of anilines is 1. The van der Waals surface area contributed by atoms with Gasteiger partial charge in [-0.1, -0.05) is 18.2 Å². The highest BCUT2D eigenvalue weighted by Crippen LogP contribution is 2.38. The van der Waals surface area contributed by atoms with E-state index >= 15 is 0 Å². The second-order valence-electron chi connectivity index (χ2n) is 7.67. The summed E-state index contributed by atoms with van der Waals surface area (Å²) in [7, 11) is -3.61. The molecule has 0 radical (unpaired) electrons. The molecule has 2 N–H and O–H groups in total. The number of carbonyl (C=O) groups excluding carboxylic acids is 1. The van der Waals surface area contributed by atoms with Crippen LogP contribution in [0.3, 0.4) is 0 Å². The summed E-state index contributed by atoms with van der Waals surface area (Å²) in [6, 6.07) is 4.61. The number of hydrogen-bond donors (Lipinski definition) is 2. The maximum Gasteiger partial charge on any atom is 0.243 e. The fraction of sp³-hybridized carbons (Fsp3) is 0.550. The van der Waals surface area contributed by atoms with Crippen LogP contribution < -0.4 is 10.1 Å². The molecule has 1 aliphatic heterocycles. The minimum atomic E-state index is -3.61. The van der Waals surface area contributed by atoms with Crippen molar-refractivity contribution in [3.05, 3.63) is 24.0 Å². The molecular formula is C20H27N5O4S2. The van der Waals surface area contributed by atoms with Gasteiger partial charge in [0, 0.05) is 19.0 Å². The Bertz CT molecular complexity index is 1030. The molecule has 1 saturated carbocycles. The van der Waals surface area contributed by atoms with Crippen LogP contribution in [0.2, 0.25) is 0 Å². The maximum atomic E-state index is 13.0. The van der Waals surface area contributed by atoms with E-state index in [1.807, 2.05) is 6.92 Å². The van der Waals surface area contributed by atoms with E-state index in [0.717, 1.165) is 37.9 Å². The molecule has 2 aliphatic rings. The zero-order chi connectivity index (χ0) is 21.8. The van der Waals surface area contributed by atoms with Crippen LogP contribution in [-0.4, -0.2) is 59.3 Å². The molecule has 2 heterocycles. The average Bonchev–Trinajstić information content (AvgIpc) is 3.52. The Kier molecular flexibility index (Phi) is 6.83. The van der Waals surface area contributed by atoms with Crippen LogP contribution in [0.25, 0.3) is 0 Å². The Morgan fingerprint density at radius 3 is 2.77 bits per heavy atom. The molecule has 1 aliphatic carbocycles. The van der Waals surface area contributed by atoms with Crippen LogP contribution >= 0.6 is 11.8 Å². The van der Waals surface area contributed by atoms with E-state index in [1.54, 1.807) is 6.07 Å². The van der Waals surface area contributed by atoms with E-state index in [1.165, 1.54) is 28.2 Å². The van der Waals surface area contributed by atoms with Gasteiger partial charge in [-0.2, -0.15) is 4.31 Å². The number of carbonyl (C=O) groups is 1. The van der Waals surface area contributed by atoms with Gasteiger partial charge in [0.1, 0.15) is 11.6 Å². The number of aromatic amines is 1. The van der Waals surface area contributed by atoms with Crippen LogP contribution in [0.1, 0.15) is 50.8 Å². The summed E-state index contributed by atoms with van der Waals surface area (Å²) in [5, 5.41) is 10.4. The van der Waals surface area contributed by atoms with Gasteiger partial charge in [-0.05, 0) is 50.8 Å². The SMILES string of the molecule is CCOc1ccc(S(=O)(=O)N2CCCCC2)cc1NC(=O)CSc1n[nH]c(C2CC2)n1. The Morgan fingerprint density at radius 2 is 2.06 bits per heavy atom. The molecule has 2 fully saturated rings. The molecule has 168 valence electrons. The predicted molar refractivity (Wildman–Crippen MR) is 118 cm³/mol. The molecule has 1 saturated heterocycles. The standard InChI is InChI=1S/C20H27N5O4S2/c1-2-29-17-9-8-15(31(27,28)25-10-4-3-5-11-25)12-16(17)21-18(26)13-30-20-22-19(23-24-20)14-6-7-14/h8-9,12,14H,2-7,10-11,13H2,1H3,(H,21,26)(H,22,23,24). The molecule has 0 unspecified atom stereocenters. The molecule has 0 atom stereocenters. The highest BCUT2D eigenvalue weighted by atomic mass is 32.2. The van der Waals surface area contributed by atoms with Gasteiger partial charge in [-0.15, -0.1) is 5.10 Å². The van der Waals surface area contributed by atoms with E-state index in [4.69, 9.17) is 4.74 Å². The second-order valence-corrected chi connectivity index (χ2v) is 10.6. The molecule has 1 aromatic heterocycles. The van der Waals surface area contributed by atoms with Gasteiger partial charge < -0.3 is 10.1 Å². The van der Waals surface area contributed by atoms with Crippen LogP contribution in [0.15, 0.2) is 28.3 Å². The number of piperidine rings is 1. The molecule has 1 amide bonds. The third kappa shape index (κ3) is 5.39. The Balaban J connectivity index is 1.45. The van der Waals surface area contributed by atoms with Gasteiger partial charge in [0.15, 0.2) is 0 Å². The summed E-state index contributed by atoms with van der Waals surface area (Å²) >= 11 is 1.23. The number of ether oxygens (including phenoxy) is 1. The van der Waals surface area contributed by atoms with Crippen LogP contribution in [0.4, 0.5) is 5.69 Å². The van der Waals surface area contributed by atoms with Crippen molar-refractivity contribution < 1.29 is 17.9 Å². The summed E-state index contributed by atoms with van der Waals surface area (Å²) in [5.41, 5.74) is 0.346. The third-order valence-corrected chi connectivity index (χ3v) is 8.00. The van der Waals surface area contributed by atoms with E-state index in [2.05, 4.69) is 20.5 Å². The minimum absolute atomic E-state index is 0.108. The zero-order valence-electron chi connectivity index (χ0n) is 17.5. The first kappa shape index (κ1) is 22.1. The monoisotopic (exact) mass is 465 g/mol. The molecule has 31 heavy (non-hydrogen) atoms. The van der Waals surface area contributed by atoms with Gasteiger partial charge in [-0.3, -0.25) is 9.89 Å². The number of amides is 1. The predicted octanol–water partition coefficient (Wildman–Crippen LogP) is 2.99. The van der Waals surface area contributed by atoms with Crippen LogP contribution in [0, 0.1) is 0 Å². The highest BCUT2D eigenvalue weighted by molar-refractivity contribution is 7.99. The smallest absolute Gasteiger partial charge is 0.243 e. The summed E-state index contributed by atoms with van der Waals surface area (Å²) in [6.45, 7) is 3.28. The number of H-pyrrole nitrogens is 1. The number of aromatic nitrogens is 3. The van der Waals surface area contributed by atoms with Gasteiger partial charge in [-0.25, -0.2) is 13.4 Å². The highest BCUT2D eigenvalue weighted by Gasteiger charge is 2.28. The van der Waals surface area contributed by atoms with E-state index in [0.29, 0.717) is 42.2 Å².